The third-order valence-electron chi connectivity index (χ3n) is 1.62. The minimum atomic E-state index is -0.670. The lowest BCUT2D eigenvalue weighted by atomic mass is 10.2. The summed E-state index contributed by atoms with van der Waals surface area (Å²) in [5, 5.41) is 0. The van der Waals surface area contributed by atoms with Crippen LogP contribution >= 0.6 is 0 Å². The predicted octanol–water partition coefficient (Wildman–Crippen LogP) is 0.636. The van der Waals surface area contributed by atoms with E-state index in [9.17, 15) is 9.18 Å². The number of hydrogen-bond acceptors (Lipinski definition) is 4. The number of rotatable bonds is 1. The lowest BCUT2D eigenvalue weighted by molar-refractivity contribution is -0.133. The molecule has 0 heterocycles. The van der Waals surface area contributed by atoms with E-state index in [2.05, 4.69) is 22.0 Å². The van der Waals surface area contributed by atoms with Gasteiger partial charge in [0.15, 0.2) is 0 Å². The molecule has 1 aromatic rings. The van der Waals surface area contributed by atoms with Crippen LogP contribution in [-0.2, 0) is 9.53 Å². The van der Waals surface area contributed by atoms with Crippen LogP contribution in [0.1, 0.15) is 5.56 Å². The molecule has 15 heavy (non-hydrogen) atoms. The minimum absolute atomic E-state index is 0.165. The lowest BCUT2D eigenvalue weighted by Crippen LogP contribution is -2.08. The second-order valence-corrected chi connectivity index (χ2v) is 2.58. The van der Waals surface area contributed by atoms with Crippen molar-refractivity contribution in [1.82, 2.24) is 0 Å². The first-order valence-corrected chi connectivity index (χ1v) is 4.03. The molecule has 0 saturated heterocycles. The number of ether oxygens (including phenoxy) is 1. The van der Waals surface area contributed by atoms with Crippen LogP contribution in [0, 0.1) is 17.7 Å². The normalized spacial score (nSPS) is 8.73. The van der Waals surface area contributed by atoms with E-state index in [1.165, 1.54) is 25.3 Å². The van der Waals surface area contributed by atoms with Crippen molar-refractivity contribution in [1.29, 1.82) is 0 Å². The summed E-state index contributed by atoms with van der Waals surface area (Å²) in [6.07, 6.45) is 0. The SMILES string of the molecule is COC(=O)C#Cc1ccc(NN)c(F)c1. The van der Waals surface area contributed by atoms with Gasteiger partial charge in [0.25, 0.3) is 0 Å². The number of methoxy groups -OCH3 is 1. The molecule has 0 saturated carbocycles. The van der Waals surface area contributed by atoms with Gasteiger partial charge in [0.1, 0.15) is 5.82 Å². The Morgan fingerprint density at radius 3 is 2.87 bits per heavy atom. The van der Waals surface area contributed by atoms with Crippen molar-refractivity contribution in [3.8, 4) is 11.8 Å². The summed E-state index contributed by atoms with van der Waals surface area (Å²) in [5.74, 6) is 8.48. The van der Waals surface area contributed by atoms with E-state index in [1.54, 1.807) is 0 Å². The standard InChI is InChI=1S/C10H9FN2O2/c1-15-10(14)5-3-7-2-4-9(13-12)8(11)6-7/h2,4,6,13H,12H2,1H3. The molecule has 0 aliphatic rings. The average Bonchev–Trinajstić information content (AvgIpc) is 2.26. The molecule has 3 N–H and O–H groups in total. The molecular formula is C10H9FN2O2. The summed E-state index contributed by atoms with van der Waals surface area (Å²) in [6, 6.07) is 4.13. The Hall–Kier alpha value is -2.06. The molecule has 1 rings (SSSR count). The highest BCUT2D eigenvalue weighted by molar-refractivity contribution is 5.89. The average molecular weight is 208 g/mol. The van der Waals surface area contributed by atoms with Gasteiger partial charge in [-0.25, -0.2) is 9.18 Å². The van der Waals surface area contributed by atoms with E-state index in [0.29, 0.717) is 5.56 Å². The van der Waals surface area contributed by atoms with Crippen LogP contribution in [0.5, 0.6) is 0 Å². The zero-order valence-electron chi connectivity index (χ0n) is 8.00. The van der Waals surface area contributed by atoms with Crippen LogP contribution in [0.4, 0.5) is 10.1 Å². The van der Waals surface area contributed by atoms with E-state index < -0.39 is 11.8 Å². The van der Waals surface area contributed by atoms with Gasteiger partial charge in [-0.3, -0.25) is 5.84 Å². The fourth-order valence-corrected chi connectivity index (χ4v) is 0.884. The van der Waals surface area contributed by atoms with E-state index in [0.717, 1.165) is 0 Å². The van der Waals surface area contributed by atoms with Crippen molar-refractivity contribution >= 4 is 11.7 Å². The molecule has 0 atom stereocenters. The van der Waals surface area contributed by atoms with Crippen molar-refractivity contribution in [3.05, 3.63) is 29.6 Å². The molecule has 0 fully saturated rings. The first kappa shape index (κ1) is 11.0. The molecule has 4 nitrogen and oxygen atoms in total. The number of nitrogens with two attached hydrogens (primary N) is 1. The van der Waals surface area contributed by atoms with Gasteiger partial charge in [0.2, 0.25) is 0 Å². The number of nitrogen functional groups attached to an aromatic ring is 1. The largest absolute Gasteiger partial charge is 0.459 e. The molecule has 0 spiro atoms. The molecule has 0 radical (unpaired) electrons. The Morgan fingerprint density at radius 2 is 2.33 bits per heavy atom. The number of carbonyl (C=O) groups is 1. The van der Waals surface area contributed by atoms with Gasteiger partial charge in [-0.2, -0.15) is 0 Å². The maximum absolute atomic E-state index is 13.1. The van der Waals surface area contributed by atoms with E-state index in [1.807, 2.05) is 0 Å². The highest BCUT2D eigenvalue weighted by atomic mass is 19.1. The Kier molecular flexibility index (Phi) is 3.66. The summed E-state index contributed by atoms with van der Waals surface area (Å²) in [6.45, 7) is 0. The molecule has 0 aromatic heterocycles. The summed E-state index contributed by atoms with van der Waals surface area (Å²) in [5.41, 5.74) is 2.72. The molecule has 0 aliphatic carbocycles. The monoisotopic (exact) mass is 208 g/mol. The number of esters is 1. The van der Waals surface area contributed by atoms with Gasteiger partial charge in [0.05, 0.1) is 12.8 Å². The molecule has 0 bridgehead atoms. The fourth-order valence-electron chi connectivity index (χ4n) is 0.884. The Balaban J connectivity index is 2.92. The third-order valence-corrected chi connectivity index (χ3v) is 1.62. The summed E-state index contributed by atoms with van der Waals surface area (Å²) < 4.78 is 17.4. The zero-order chi connectivity index (χ0) is 11.3. The molecule has 0 amide bonds. The molecule has 78 valence electrons. The van der Waals surface area contributed by atoms with Crippen LogP contribution in [0.15, 0.2) is 18.2 Å². The number of carbonyl (C=O) groups excluding carboxylic acids is 1. The van der Waals surface area contributed by atoms with Gasteiger partial charge in [-0.05, 0) is 18.2 Å². The molecule has 1 aromatic carbocycles. The van der Waals surface area contributed by atoms with Crippen LogP contribution in [0.3, 0.4) is 0 Å². The fraction of sp³-hybridized carbons (Fsp3) is 0.100. The lowest BCUT2D eigenvalue weighted by Gasteiger charge is -2.00. The van der Waals surface area contributed by atoms with Crippen molar-refractivity contribution in [3.63, 3.8) is 0 Å². The van der Waals surface area contributed by atoms with Crippen LogP contribution in [0.2, 0.25) is 0 Å². The third kappa shape index (κ3) is 2.97. The molecule has 0 unspecified atom stereocenters. The van der Waals surface area contributed by atoms with Crippen LogP contribution < -0.4 is 11.3 Å². The van der Waals surface area contributed by atoms with Gasteiger partial charge >= 0.3 is 5.97 Å². The number of hydrogen-bond donors (Lipinski definition) is 2. The Bertz CT molecular complexity index is 435. The van der Waals surface area contributed by atoms with Crippen LogP contribution in [-0.4, -0.2) is 13.1 Å². The van der Waals surface area contributed by atoms with Crippen molar-refractivity contribution in [2.24, 2.45) is 5.84 Å². The maximum Gasteiger partial charge on any atom is 0.384 e. The first-order valence-electron chi connectivity index (χ1n) is 4.03. The summed E-state index contributed by atoms with van der Waals surface area (Å²) >= 11 is 0. The van der Waals surface area contributed by atoms with E-state index in [-0.39, 0.29) is 5.69 Å². The number of nitrogens with one attached hydrogen (secondary N) is 1. The van der Waals surface area contributed by atoms with Gasteiger partial charge in [0, 0.05) is 11.5 Å². The van der Waals surface area contributed by atoms with Crippen molar-refractivity contribution in [2.75, 3.05) is 12.5 Å². The van der Waals surface area contributed by atoms with Gasteiger partial charge in [-0.15, -0.1) is 0 Å². The van der Waals surface area contributed by atoms with Crippen LogP contribution in [0.25, 0.3) is 0 Å². The topological polar surface area (TPSA) is 64.3 Å². The predicted molar refractivity (Wildman–Crippen MR) is 53.1 cm³/mol. The zero-order valence-corrected chi connectivity index (χ0v) is 8.00. The highest BCUT2D eigenvalue weighted by Crippen LogP contribution is 2.13. The van der Waals surface area contributed by atoms with Crippen molar-refractivity contribution in [2.45, 2.75) is 0 Å². The van der Waals surface area contributed by atoms with Crippen molar-refractivity contribution < 1.29 is 13.9 Å². The molecule has 5 heteroatoms. The van der Waals surface area contributed by atoms with Gasteiger partial charge < -0.3 is 10.2 Å². The van der Waals surface area contributed by atoms with E-state index >= 15 is 0 Å². The quantitative estimate of drug-likeness (QED) is 0.307. The first-order chi connectivity index (χ1) is 7.17. The number of hydrazine groups is 1. The molecular weight excluding hydrogens is 199 g/mol. The second-order valence-electron chi connectivity index (χ2n) is 2.58. The second kappa shape index (κ2) is 4.98. The number of anilines is 1. The Morgan fingerprint density at radius 1 is 1.60 bits per heavy atom. The maximum atomic E-state index is 13.1. The molecule has 0 aliphatic heterocycles. The number of halogens is 1. The summed E-state index contributed by atoms with van der Waals surface area (Å²) in [4.78, 5) is 10.7. The van der Waals surface area contributed by atoms with E-state index in [4.69, 9.17) is 5.84 Å². The minimum Gasteiger partial charge on any atom is -0.459 e. The highest BCUT2D eigenvalue weighted by Gasteiger charge is 2.00. The Labute approximate surface area is 86.2 Å². The van der Waals surface area contributed by atoms with Gasteiger partial charge in [-0.1, -0.05) is 5.92 Å². The smallest absolute Gasteiger partial charge is 0.384 e. The number of benzene rings is 1. The summed E-state index contributed by atoms with van der Waals surface area (Å²) in [7, 11) is 1.22.